The van der Waals surface area contributed by atoms with Gasteiger partial charge in [0.1, 0.15) is 0 Å². The van der Waals surface area contributed by atoms with E-state index in [4.69, 9.17) is 9.05 Å². The lowest BCUT2D eigenvalue weighted by molar-refractivity contribution is 0.264. The van der Waals surface area contributed by atoms with Crippen LogP contribution in [-0.2, 0) is 13.6 Å². The van der Waals surface area contributed by atoms with Gasteiger partial charge < -0.3 is 9.05 Å². The summed E-state index contributed by atoms with van der Waals surface area (Å²) in [4.78, 5) is 0. The van der Waals surface area contributed by atoms with E-state index in [0.29, 0.717) is 6.54 Å². The van der Waals surface area contributed by atoms with Crippen LogP contribution < -0.4 is 5.09 Å². The first kappa shape index (κ1) is 25.8. The van der Waals surface area contributed by atoms with Crippen LogP contribution in [0.4, 0.5) is 0 Å². The molecule has 0 amide bonds. The molecule has 0 unspecified atom stereocenters. The first-order chi connectivity index (χ1) is 13.2. The van der Waals surface area contributed by atoms with Gasteiger partial charge in [0.15, 0.2) is 0 Å². The molecule has 0 fully saturated rings. The van der Waals surface area contributed by atoms with Gasteiger partial charge in [-0.15, -0.1) is 0 Å². The first-order valence-corrected chi connectivity index (χ1v) is 11.4. The smallest absolute Gasteiger partial charge is 0.300 e. The molecule has 27 heavy (non-hydrogen) atoms. The summed E-state index contributed by atoms with van der Waals surface area (Å²) in [5.41, 5.74) is 0. The maximum absolute atomic E-state index is 11.7. The second-order valence-electron chi connectivity index (χ2n) is 5.97. The summed E-state index contributed by atoms with van der Waals surface area (Å²) in [7, 11) is -0.297. The van der Waals surface area contributed by atoms with E-state index in [1.165, 1.54) is 14.2 Å². The molecule has 0 heterocycles. The number of unbranched alkanes of at least 4 members (excludes halogenated alkanes) is 2. The van der Waals surface area contributed by atoms with Crippen LogP contribution in [-0.4, -0.2) is 20.8 Å². The van der Waals surface area contributed by atoms with Gasteiger partial charge in [-0.25, -0.2) is 9.65 Å². The summed E-state index contributed by atoms with van der Waals surface area (Å²) in [5, 5.41) is 2.81. The molecule has 0 aromatic carbocycles. The summed E-state index contributed by atoms with van der Waals surface area (Å²) in [5.74, 6) is 0. The van der Waals surface area contributed by atoms with Gasteiger partial charge in [0.2, 0.25) is 0 Å². The summed E-state index contributed by atoms with van der Waals surface area (Å²) in [6.07, 6.45) is 30.1. The first-order valence-electron chi connectivity index (χ1n) is 9.90. The van der Waals surface area contributed by atoms with Gasteiger partial charge in [-0.2, -0.15) is 0 Å². The zero-order chi connectivity index (χ0) is 20.1. The van der Waals surface area contributed by atoms with Crippen molar-refractivity contribution >= 4 is 7.75 Å². The monoisotopic (exact) mass is 397 g/mol. The minimum atomic E-state index is -3.06. The molecular formula is C22H40NO3P. The van der Waals surface area contributed by atoms with E-state index in [2.05, 4.69) is 72.8 Å². The zero-order valence-corrected chi connectivity index (χ0v) is 18.2. The number of hydrogen-bond donors (Lipinski definition) is 1. The standard InChI is InChI=1S/C22H38NO3P.H2/c1-4-5-6-7-8-9-10-11-12-13-14-15-16-17-18-19-20-21-22-23-27(24,25-2)26-3;/h5-6,8-9,11-12,14-15,17-18H,4,7,10,13,16,19-22H2,1-3H3,(H,23,24);1H/b6-5-,9-8-,12-11-,15-14-,18-17-;. The van der Waals surface area contributed by atoms with Crippen molar-refractivity contribution in [2.75, 3.05) is 20.8 Å². The molecule has 0 aliphatic heterocycles. The Hall–Kier alpha value is -1.19. The normalized spacial score (nSPS) is 13.4. The molecule has 0 rings (SSSR count). The number of hydrogen-bond acceptors (Lipinski definition) is 3. The highest BCUT2D eigenvalue weighted by molar-refractivity contribution is 7.51. The topological polar surface area (TPSA) is 47.6 Å². The van der Waals surface area contributed by atoms with Gasteiger partial charge in [0.25, 0.3) is 0 Å². The van der Waals surface area contributed by atoms with Crippen LogP contribution >= 0.6 is 7.75 Å². The van der Waals surface area contributed by atoms with Crippen molar-refractivity contribution in [3.63, 3.8) is 0 Å². The summed E-state index contributed by atoms with van der Waals surface area (Å²) in [6.45, 7) is 2.78. The molecule has 0 radical (unpaired) electrons. The van der Waals surface area contributed by atoms with Crippen LogP contribution in [0.25, 0.3) is 0 Å². The van der Waals surface area contributed by atoms with E-state index in [1.807, 2.05) is 0 Å². The zero-order valence-electron chi connectivity index (χ0n) is 17.3. The lowest BCUT2D eigenvalue weighted by Crippen LogP contribution is -2.14. The van der Waals surface area contributed by atoms with E-state index < -0.39 is 7.75 Å². The minimum Gasteiger partial charge on any atom is -0.300 e. The number of rotatable bonds is 17. The second kappa shape index (κ2) is 19.6. The van der Waals surface area contributed by atoms with Gasteiger partial charge in [0, 0.05) is 22.2 Å². The third-order valence-corrected chi connectivity index (χ3v) is 5.31. The van der Waals surface area contributed by atoms with Gasteiger partial charge in [0.05, 0.1) is 0 Å². The van der Waals surface area contributed by atoms with E-state index in [1.54, 1.807) is 0 Å². The Bertz CT molecular complexity index is 520. The Morgan fingerprint density at radius 1 is 0.741 bits per heavy atom. The fraction of sp³-hybridized carbons (Fsp3) is 0.545. The van der Waals surface area contributed by atoms with E-state index in [-0.39, 0.29) is 1.43 Å². The van der Waals surface area contributed by atoms with Crippen LogP contribution in [0.1, 0.15) is 59.7 Å². The van der Waals surface area contributed by atoms with Crippen molar-refractivity contribution in [2.24, 2.45) is 0 Å². The average molecular weight is 398 g/mol. The van der Waals surface area contributed by atoms with Crippen molar-refractivity contribution < 1.29 is 15.0 Å². The van der Waals surface area contributed by atoms with E-state index in [0.717, 1.165) is 51.4 Å². The molecule has 0 aromatic heterocycles. The van der Waals surface area contributed by atoms with Crippen molar-refractivity contribution in [1.82, 2.24) is 5.09 Å². The van der Waals surface area contributed by atoms with Crippen molar-refractivity contribution in [2.45, 2.75) is 58.3 Å². The van der Waals surface area contributed by atoms with Crippen LogP contribution in [0, 0.1) is 0 Å². The van der Waals surface area contributed by atoms with Crippen molar-refractivity contribution in [3.05, 3.63) is 60.8 Å². The maximum Gasteiger partial charge on any atom is 0.404 e. The maximum atomic E-state index is 11.7. The number of nitrogens with one attached hydrogen (secondary N) is 1. The summed E-state index contributed by atoms with van der Waals surface area (Å²) < 4.78 is 21.4. The van der Waals surface area contributed by atoms with Gasteiger partial charge in [-0.3, -0.25) is 0 Å². The lowest BCUT2D eigenvalue weighted by atomic mass is 10.2. The molecule has 5 heteroatoms. The van der Waals surface area contributed by atoms with Gasteiger partial charge >= 0.3 is 7.75 Å². The molecule has 0 saturated carbocycles. The highest BCUT2D eigenvalue weighted by atomic mass is 31.2. The third-order valence-electron chi connectivity index (χ3n) is 3.74. The molecule has 0 aromatic rings. The van der Waals surface area contributed by atoms with Crippen LogP contribution in [0.15, 0.2) is 60.8 Å². The highest BCUT2D eigenvalue weighted by Crippen LogP contribution is 2.41. The molecule has 0 atom stereocenters. The quantitative estimate of drug-likeness (QED) is 0.161. The number of allylic oxidation sites excluding steroid dienone is 10. The Morgan fingerprint density at radius 2 is 1.19 bits per heavy atom. The predicted octanol–water partition coefficient (Wildman–Crippen LogP) is 7.14. The van der Waals surface area contributed by atoms with Gasteiger partial charge in [-0.1, -0.05) is 67.7 Å². The molecule has 4 nitrogen and oxygen atoms in total. The lowest BCUT2D eigenvalue weighted by Gasteiger charge is -2.13. The minimum absolute atomic E-state index is 0. The molecule has 156 valence electrons. The van der Waals surface area contributed by atoms with Crippen LogP contribution in [0.3, 0.4) is 0 Å². The third kappa shape index (κ3) is 18.0. The van der Waals surface area contributed by atoms with Gasteiger partial charge in [-0.05, 0) is 51.4 Å². The molecule has 1 N–H and O–H groups in total. The SMILES string of the molecule is CC/C=C\C/C=C\C/C=C\C/C=C\C/C=C\CCCCNP(=O)(OC)OC.[HH]. The molecule has 0 saturated heterocycles. The van der Waals surface area contributed by atoms with E-state index >= 15 is 0 Å². The molecular weight excluding hydrogens is 357 g/mol. The second-order valence-corrected chi connectivity index (χ2v) is 8.02. The largest absolute Gasteiger partial charge is 0.404 e. The molecule has 0 aliphatic rings. The Kier molecular flexibility index (Phi) is 18.7. The molecule has 0 bridgehead atoms. The van der Waals surface area contributed by atoms with Crippen LogP contribution in [0.5, 0.6) is 0 Å². The Labute approximate surface area is 168 Å². The van der Waals surface area contributed by atoms with E-state index in [9.17, 15) is 4.57 Å². The molecule has 0 spiro atoms. The van der Waals surface area contributed by atoms with Crippen molar-refractivity contribution in [3.8, 4) is 0 Å². The Morgan fingerprint density at radius 3 is 1.63 bits per heavy atom. The molecule has 0 aliphatic carbocycles. The van der Waals surface area contributed by atoms with Crippen LogP contribution in [0.2, 0.25) is 0 Å². The fourth-order valence-electron chi connectivity index (χ4n) is 2.18. The average Bonchev–Trinajstić information content (AvgIpc) is 2.69. The highest BCUT2D eigenvalue weighted by Gasteiger charge is 2.18. The fourth-order valence-corrected chi connectivity index (χ4v) is 3.01. The summed E-state index contributed by atoms with van der Waals surface area (Å²) >= 11 is 0. The summed E-state index contributed by atoms with van der Waals surface area (Å²) in [6, 6.07) is 0. The van der Waals surface area contributed by atoms with Crippen molar-refractivity contribution in [1.29, 1.82) is 0 Å². The Balaban J connectivity index is 0. The predicted molar refractivity (Wildman–Crippen MR) is 120 cm³/mol.